The number of thioether (sulfide) groups is 1. The largest absolute Gasteiger partial charge is 0.435 e. The lowest BCUT2D eigenvalue weighted by molar-refractivity contribution is -0.0498. The third kappa shape index (κ3) is 5.74. The Bertz CT molecular complexity index is 1620. The highest BCUT2D eigenvalue weighted by atomic mass is 35.5. The third-order valence-electron chi connectivity index (χ3n) is 5.60. The maximum absolute atomic E-state index is 12.7. The van der Waals surface area contributed by atoms with Gasteiger partial charge in [-0.05, 0) is 83.8 Å². The molecule has 0 amide bonds. The summed E-state index contributed by atoms with van der Waals surface area (Å²) in [5.74, 6) is 0.0742. The summed E-state index contributed by atoms with van der Waals surface area (Å²) in [5, 5.41) is 13.3. The molecule has 0 saturated carbocycles. The van der Waals surface area contributed by atoms with E-state index in [0.717, 1.165) is 37.4 Å². The molecule has 1 heterocycles. The number of aromatic amines is 1. The van der Waals surface area contributed by atoms with Gasteiger partial charge in [0.15, 0.2) is 0 Å². The number of nitrogens with one attached hydrogen (secondary N) is 1. The second-order valence-electron chi connectivity index (χ2n) is 7.97. The van der Waals surface area contributed by atoms with Crippen LogP contribution in [-0.2, 0) is 6.42 Å². The first-order valence-corrected chi connectivity index (χ1v) is 12.5. The van der Waals surface area contributed by atoms with Gasteiger partial charge in [0.2, 0.25) is 5.69 Å². The molecule has 37 heavy (non-hydrogen) atoms. The van der Waals surface area contributed by atoms with E-state index >= 15 is 0 Å². The van der Waals surface area contributed by atoms with Gasteiger partial charge in [-0.25, -0.2) is 4.79 Å². The molecule has 0 unspecified atom stereocenters. The molecule has 0 spiro atoms. The fraction of sp³-hybridized carbons (Fsp3) is 0.154. The van der Waals surface area contributed by atoms with Crippen molar-refractivity contribution in [2.45, 2.75) is 24.9 Å². The Hall–Kier alpha value is -3.94. The lowest BCUT2D eigenvalue weighted by Gasteiger charge is -2.15. The fourth-order valence-electron chi connectivity index (χ4n) is 3.88. The molecule has 0 saturated heterocycles. The Balaban J connectivity index is 1.71. The first kappa shape index (κ1) is 26.1. The zero-order valence-corrected chi connectivity index (χ0v) is 21.2. The molecule has 7 nitrogen and oxygen atoms in total. The van der Waals surface area contributed by atoms with Crippen molar-refractivity contribution in [1.29, 1.82) is 5.26 Å². The number of H-pyrrole nitrogens is 1. The van der Waals surface area contributed by atoms with Crippen LogP contribution in [0.5, 0.6) is 5.75 Å². The Kier molecular flexibility index (Phi) is 7.76. The minimum Gasteiger partial charge on any atom is -0.435 e. The highest BCUT2D eigenvalue weighted by Gasteiger charge is 2.15. The van der Waals surface area contributed by atoms with Crippen LogP contribution in [-0.4, -0.2) is 27.6 Å². The molecule has 0 aliphatic rings. The summed E-state index contributed by atoms with van der Waals surface area (Å²) in [5.41, 5.74) is 2.31. The van der Waals surface area contributed by atoms with Crippen molar-refractivity contribution < 1.29 is 13.5 Å². The molecule has 0 radical (unpaired) electrons. The summed E-state index contributed by atoms with van der Waals surface area (Å²) >= 11 is 8.14. The van der Waals surface area contributed by atoms with Crippen molar-refractivity contribution in [3.63, 3.8) is 0 Å². The second-order valence-corrected chi connectivity index (χ2v) is 9.23. The van der Waals surface area contributed by atoms with Gasteiger partial charge in [0.05, 0.1) is 5.69 Å². The molecule has 4 rings (SSSR count). The van der Waals surface area contributed by atoms with E-state index in [2.05, 4.69) is 14.8 Å². The van der Waals surface area contributed by atoms with Crippen LogP contribution in [0.25, 0.3) is 16.8 Å². The quantitative estimate of drug-likeness (QED) is 0.318. The molecule has 4 aromatic rings. The van der Waals surface area contributed by atoms with Gasteiger partial charge in [-0.2, -0.15) is 18.7 Å². The number of aromatic nitrogens is 3. The number of hydrogen-bond donors (Lipinski definition) is 1. The SMILES string of the molecule is CSc1ccc(Cc2c(C)cc(-n3nc(C#N)c(=O)[nH]c3=O)cc2Cl)cc1-c1cccc(OC(F)F)c1. The van der Waals surface area contributed by atoms with E-state index in [-0.39, 0.29) is 5.75 Å². The summed E-state index contributed by atoms with van der Waals surface area (Å²) in [6.45, 7) is -1.09. The number of rotatable bonds is 7. The van der Waals surface area contributed by atoms with Crippen LogP contribution in [0.15, 0.2) is 69.1 Å². The lowest BCUT2D eigenvalue weighted by atomic mass is 9.96. The maximum atomic E-state index is 12.7. The minimum atomic E-state index is -2.91. The van der Waals surface area contributed by atoms with Crippen LogP contribution >= 0.6 is 23.4 Å². The van der Waals surface area contributed by atoms with E-state index in [9.17, 15) is 18.4 Å². The number of hydrogen-bond acceptors (Lipinski definition) is 6. The summed E-state index contributed by atoms with van der Waals surface area (Å²) in [7, 11) is 0. The number of nitrogens with zero attached hydrogens (tertiary/aromatic N) is 3. The first-order chi connectivity index (χ1) is 17.7. The standard InChI is InChI=1S/C26H19ClF2N4O3S/c1-14-8-17(33-26(35)31-24(34)22(13-30)32-33)12-21(27)19(14)9-15-6-7-23(37-2)20(10-15)16-4-3-5-18(11-16)36-25(28)29/h3-8,10-12,25H,9H2,1-2H3,(H,31,34,35). The Morgan fingerprint density at radius 1 is 1.19 bits per heavy atom. The maximum Gasteiger partial charge on any atom is 0.387 e. The molecule has 1 N–H and O–H groups in total. The van der Waals surface area contributed by atoms with Gasteiger partial charge in [0, 0.05) is 9.92 Å². The van der Waals surface area contributed by atoms with Crippen molar-refractivity contribution >= 4 is 23.4 Å². The monoisotopic (exact) mass is 540 g/mol. The van der Waals surface area contributed by atoms with E-state index in [1.807, 2.05) is 37.4 Å². The molecule has 0 aliphatic carbocycles. The molecular weight excluding hydrogens is 522 g/mol. The van der Waals surface area contributed by atoms with Crippen molar-refractivity contribution in [3.8, 4) is 28.6 Å². The number of nitriles is 1. The predicted octanol–water partition coefficient (Wildman–Crippen LogP) is 5.34. The van der Waals surface area contributed by atoms with Gasteiger partial charge >= 0.3 is 12.3 Å². The third-order valence-corrected chi connectivity index (χ3v) is 6.73. The Morgan fingerprint density at radius 3 is 2.65 bits per heavy atom. The van der Waals surface area contributed by atoms with Crippen LogP contribution in [0.2, 0.25) is 5.02 Å². The highest BCUT2D eigenvalue weighted by molar-refractivity contribution is 7.98. The van der Waals surface area contributed by atoms with Crippen LogP contribution < -0.4 is 16.0 Å². The molecule has 188 valence electrons. The average molecular weight is 541 g/mol. The molecular formula is C26H19ClF2N4O3S. The number of alkyl halides is 2. The number of aryl methyl sites for hydroxylation is 1. The van der Waals surface area contributed by atoms with E-state index in [0.29, 0.717) is 17.1 Å². The molecule has 0 atom stereocenters. The number of ether oxygens (including phenoxy) is 1. The van der Waals surface area contributed by atoms with Crippen LogP contribution in [0, 0.1) is 18.3 Å². The van der Waals surface area contributed by atoms with Gasteiger partial charge in [0.25, 0.3) is 5.56 Å². The number of benzene rings is 3. The normalized spacial score (nSPS) is 10.9. The summed E-state index contributed by atoms with van der Waals surface area (Å²) in [6.07, 6.45) is 2.39. The molecule has 11 heteroatoms. The van der Waals surface area contributed by atoms with Crippen molar-refractivity contribution in [2.75, 3.05) is 6.26 Å². The summed E-state index contributed by atoms with van der Waals surface area (Å²) in [4.78, 5) is 27.0. The van der Waals surface area contributed by atoms with E-state index in [1.165, 1.54) is 17.8 Å². The van der Waals surface area contributed by atoms with Crippen molar-refractivity contribution in [3.05, 3.63) is 103 Å². The predicted molar refractivity (Wildman–Crippen MR) is 138 cm³/mol. The lowest BCUT2D eigenvalue weighted by Crippen LogP contribution is -2.33. The Morgan fingerprint density at radius 2 is 1.97 bits per heavy atom. The number of halogens is 3. The van der Waals surface area contributed by atoms with Gasteiger partial charge in [-0.1, -0.05) is 29.8 Å². The van der Waals surface area contributed by atoms with Crippen molar-refractivity contribution in [2.24, 2.45) is 0 Å². The van der Waals surface area contributed by atoms with Crippen LogP contribution in [0.1, 0.15) is 22.4 Å². The zero-order valence-electron chi connectivity index (χ0n) is 19.6. The zero-order chi connectivity index (χ0) is 26.7. The van der Waals surface area contributed by atoms with E-state index in [4.69, 9.17) is 16.9 Å². The molecule has 0 fully saturated rings. The molecule has 3 aromatic carbocycles. The fourth-order valence-corrected chi connectivity index (χ4v) is 4.81. The smallest absolute Gasteiger partial charge is 0.387 e. The molecule has 1 aromatic heterocycles. The van der Waals surface area contributed by atoms with Gasteiger partial charge < -0.3 is 4.74 Å². The van der Waals surface area contributed by atoms with E-state index < -0.39 is 23.6 Å². The Labute approximate surface area is 219 Å². The first-order valence-electron chi connectivity index (χ1n) is 10.9. The minimum absolute atomic E-state index is 0.0742. The average Bonchev–Trinajstić information content (AvgIpc) is 2.86. The van der Waals surface area contributed by atoms with Gasteiger partial charge in [-0.3, -0.25) is 9.78 Å². The van der Waals surface area contributed by atoms with E-state index in [1.54, 1.807) is 30.3 Å². The van der Waals surface area contributed by atoms with Crippen LogP contribution in [0.4, 0.5) is 8.78 Å². The summed E-state index contributed by atoms with van der Waals surface area (Å²) < 4.78 is 30.9. The van der Waals surface area contributed by atoms with Gasteiger partial charge in [0.1, 0.15) is 11.8 Å². The molecule has 0 aliphatic heterocycles. The molecule has 0 bridgehead atoms. The summed E-state index contributed by atoms with van der Waals surface area (Å²) in [6, 6.07) is 17.3. The highest BCUT2D eigenvalue weighted by Crippen LogP contribution is 2.35. The topological polar surface area (TPSA) is 101 Å². The van der Waals surface area contributed by atoms with Crippen LogP contribution in [0.3, 0.4) is 0 Å². The second kappa shape index (κ2) is 11.0. The van der Waals surface area contributed by atoms with Crippen molar-refractivity contribution in [1.82, 2.24) is 14.8 Å². The van der Waals surface area contributed by atoms with Gasteiger partial charge in [-0.15, -0.1) is 16.9 Å².